The van der Waals surface area contributed by atoms with Gasteiger partial charge < -0.3 is 15.8 Å². The predicted molar refractivity (Wildman–Crippen MR) is 79.4 cm³/mol. The number of hydrogen-bond donors (Lipinski definition) is 2. The summed E-state index contributed by atoms with van der Waals surface area (Å²) in [6.45, 7) is 7.23. The van der Waals surface area contributed by atoms with Crippen molar-refractivity contribution in [3.8, 4) is 0 Å². The van der Waals surface area contributed by atoms with Crippen molar-refractivity contribution in [1.29, 1.82) is 0 Å². The van der Waals surface area contributed by atoms with E-state index in [0.29, 0.717) is 13.2 Å². The van der Waals surface area contributed by atoms with Gasteiger partial charge in [-0.15, -0.1) is 0 Å². The summed E-state index contributed by atoms with van der Waals surface area (Å²) in [5.41, 5.74) is 7.48. The van der Waals surface area contributed by atoms with Crippen LogP contribution in [0.15, 0.2) is 18.5 Å². The fraction of sp³-hybridized carbons (Fsp3) is 0.625. The van der Waals surface area contributed by atoms with E-state index in [0.717, 1.165) is 17.5 Å². The number of carbonyl (C=O) groups is 1. The third-order valence-corrected chi connectivity index (χ3v) is 5.41. The number of nitrogens with one attached hydrogen (secondary N) is 1. The summed E-state index contributed by atoms with van der Waals surface area (Å²) < 4.78 is 5.73. The van der Waals surface area contributed by atoms with E-state index in [4.69, 9.17) is 10.5 Å². The Balaban J connectivity index is 1.72. The number of nitrogens with two attached hydrogens (primary N) is 1. The van der Waals surface area contributed by atoms with Gasteiger partial charge in [-0.05, 0) is 30.5 Å². The van der Waals surface area contributed by atoms with E-state index in [-0.39, 0.29) is 23.3 Å². The molecule has 0 aromatic carbocycles. The smallest absolute Gasteiger partial charge is 0.241 e. The second-order valence-corrected chi connectivity index (χ2v) is 6.76. The van der Waals surface area contributed by atoms with Crippen molar-refractivity contribution in [3.63, 3.8) is 0 Å². The van der Waals surface area contributed by atoms with Crippen LogP contribution in [0.2, 0.25) is 0 Å². The summed E-state index contributed by atoms with van der Waals surface area (Å²) in [5, 5.41) is 3.00. The molecule has 3 rings (SSSR count). The summed E-state index contributed by atoms with van der Waals surface area (Å²) in [4.78, 5) is 16.7. The van der Waals surface area contributed by atoms with Crippen molar-refractivity contribution < 1.29 is 9.53 Å². The fourth-order valence-electron chi connectivity index (χ4n) is 3.87. The number of hydrogen-bond acceptors (Lipinski definition) is 4. The zero-order valence-corrected chi connectivity index (χ0v) is 12.8. The molecule has 0 radical (unpaired) electrons. The standard InChI is InChI=1S/C16H23N3O2/c1-10-8-18-6-4-11(10)9-19-14(20)16(17)12-5-7-21-13(12)15(16,2)3/h4,6,8,12-13H,5,7,9,17H2,1-3H3,(H,19,20). The summed E-state index contributed by atoms with van der Waals surface area (Å²) in [7, 11) is 0. The highest BCUT2D eigenvalue weighted by molar-refractivity contribution is 5.89. The molecule has 1 amide bonds. The fourth-order valence-corrected chi connectivity index (χ4v) is 3.87. The minimum absolute atomic E-state index is 0.0736. The van der Waals surface area contributed by atoms with Gasteiger partial charge >= 0.3 is 0 Å². The number of rotatable bonds is 3. The van der Waals surface area contributed by atoms with E-state index in [1.165, 1.54) is 0 Å². The molecule has 3 atom stereocenters. The SMILES string of the molecule is Cc1cnccc1CNC(=O)C1(N)C2CCOC2C1(C)C. The highest BCUT2D eigenvalue weighted by atomic mass is 16.5. The maximum absolute atomic E-state index is 12.7. The first-order valence-corrected chi connectivity index (χ1v) is 7.47. The van der Waals surface area contributed by atoms with E-state index in [9.17, 15) is 4.79 Å². The van der Waals surface area contributed by atoms with Crippen molar-refractivity contribution in [2.75, 3.05) is 6.61 Å². The van der Waals surface area contributed by atoms with Crippen LogP contribution in [0.3, 0.4) is 0 Å². The second kappa shape index (κ2) is 4.78. The molecule has 2 aliphatic rings. The Morgan fingerprint density at radius 1 is 1.57 bits per heavy atom. The lowest BCUT2D eigenvalue weighted by atomic mass is 9.48. The molecule has 3 N–H and O–H groups in total. The lowest BCUT2D eigenvalue weighted by Gasteiger charge is -2.60. The van der Waals surface area contributed by atoms with Gasteiger partial charge in [0.25, 0.3) is 0 Å². The van der Waals surface area contributed by atoms with Crippen molar-refractivity contribution in [2.24, 2.45) is 17.1 Å². The van der Waals surface area contributed by atoms with Gasteiger partial charge in [-0.25, -0.2) is 0 Å². The molecular formula is C16H23N3O2. The number of carbonyl (C=O) groups excluding carboxylic acids is 1. The first-order valence-electron chi connectivity index (χ1n) is 7.47. The molecular weight excluding hydrogens is 266 g/mol. The molecule has 0 bridgehead atoms. The van der Waals surface area contributed by atoms with Crippen LogP contribution >= 0.6 is 0 Å². The third-order valence-electron chi connectivity index (χ3n) is 5.41. The topological polar surface area (TPSA) is 77.2 Å². The molecule has 0 spiro atoms. The Kier molecular flexibility index (Phi) is 3.30. The molecule has 1 aliphatic heterocycles. The van der Waals surface area contributed by atoms with E-state index >= 15 is 0 Å². The molecule has 5 heteroatoms. The number of amides is 1. The minimum Gasteiger partial charge on any atom is -0.377 e. The summed E-state index contributed by atoms with van der Waals surface area (Å²) in [5.74, 6) is 0.0569. The zero-order chi connectivity index (χ0) is 15.3. The van der Waals surface area contributed by atoms with Gasteiger partial charge in [0.05, 0.1) is 6.10 Å². The summed E-state index contributed by atoms with van der Waals surface area (Å²) in [6, 6.07) is 1.92. The lowest BCUT2D eigenvalue weighted by molar-refractivity contribution is -0.175. The number of aryl methyl sites for hydroxylation is 1. The van der Waals surface area contributed by atoms with Crippen LogP contribution in [0.25, 0.3) is 0 Å². The van der Waals surface area contributed by atoms with Gasteiger partial charge in [-0.3, -0.25) is 9.78 Å². The molecule has 1 aliphatic carbocycles. The van der Waals surface area contributed by atoms with Crippen molar-refractivity contribution in [1.82, 2.24) is 10.3 Å². The van der Waals surface area contributed by atoms with E-state index < -0.39 is 5.54 Å². The normalized spacial score (nSPS) is 33.1. The van der Waals surface area contributed by atoms with Crippen molar-refractivity contribution in [3.05, 3.63) is 29.6 Å². The zero-order valence-electron chi connectivity index (χ0n) is 12.8. The minimum atomic E-state index is -0.838. The average Bonchev–Trinajstić information content (AvgIpc) is 2.93. The molecule has 2 heterocycles. The second-order valence-electron chi connectivity index (χ2n) is 6.76. The van der Waals surface area contributed by atoms with E-state index in [2.05, 4.69) is 10.3 Å². The first kappa shape index (κ1) is 14.5. The van der Waals surface area contributed by atoms with E-state index in [1.54, 1.807) is 12.4 Å². The number of pyridine rings is 1. The Labute approximate surface area is 125 Å². The van der Waals surface area contributed by atoms with Crippen molar-refractivity contribution >= 4 is 5.91 Å². The van der Waals surface area contributed by atoms with Crippen LogP contribution in [0.4, 0.5) is 0 Å². The van der Waals surface area contributed by atoms with Gasteiger partial charge in [0, 0.05) is 36.9 Å². The number of aromatic nitrogens is 1. The van der Waals surface area contributed by atoms with Crippen LogP contribution in [0.5, 0.6) is 0 Å². The molecule has 1 aromatic heterocycles. The van der Waals surface area contributed by atoms with Crippen molar-refractivity contribution in [2.45, 2.75) is 45.4 Å². The molecule has 21 heavy (non-hydrogen) atoms. The maximum Gasteiger partial charge on any atom is 0.241 e. The van der Waals surface area contributed by atoms with E-state index in [1.807, 2.05) is 26.8 Å². The monoisotopic (exact) mass is 289 g/mol. The Hall–Kier alpha value is -1.46. The maximum atomic E-state index is 12.7. The summed E-state index contributed by atoms with van der Waals surface area (Å²) in [6.07, 6.45) is 4.51. The molecule has 5 nitrogen and oxygen atoms in total. The van der Waals surface area contributed by atoms with Crippen LogP contribution < -0.4 is 11.1 Å². The Morgan fingerprint density at radius 3 is 3.05 bits per heavy atom. The molecule has 2 fully saturated rings. The first-order chi connectivity index (χ1) is 9.89. The Morgan fingerprint density at radius 2 is 2.33 bits per heavy atom. The number of nitrogens with zero attached hydrogens (tertiary/aromatic N) is 1. The third kappa shape index (κ3) is 1.91. The van der Waals surface area contributed by atoms with Gasteiger partial charge in [0.2, 0.25) is 5.91 Å². The van der Waals surface area contributed by atoms with Gasteiger partial charge in [-0.1, -0.05) is 13.8 Å². The van der Waals surface area contributed by atoms with Gasteiger partial charge in [0.1, 0.15) is 5.54 Å². The molecule has 114 valence electrons. The van der Waals surface area contributed by atoms with Gasteiger partial charge in [0.15, 0.2) is 0 Å². The highest BCUT2D eigenvalue weighted by Crippen LogP contribution is 2.58. The lowest BCUT2D eigenvalue weighted by Crippen LogP contribution is -2.80. The van der Waals surface area contributed by atoms with Crippen LogP contribution in [0, 0.1) is 18.3 Å². The Bertz CT molecular complexity index is 572. The largest absolute Gasteiger partial charge is 0.377 e. The molecule has 1 saturated carbocycles. The quantitative estimate of drug-likeness (QED) is 0.875. The number of fused-ring (bicyclic) bond motifs is 1. The summed E-state index contributed by atoms with van der Waals surface area (Å²) >= 11 is 0. The predicted octanol–water partition coefficient (Wildman–Crippen LogP) is 1.15. The molecule has 1 saturated heterocycles. The average molecular weight is 289 g/mol. The van der Waals surface area contributed by atoms with Crippen LogP contribution in [-0.4, -0.2) is 29.1 Å². The highest BCUT2D eigenvalue weighted by Gasteiger charge is 2.71. The number of ether oxygens (including phenoxy) is 1. The molecule has 1 aromatic rings. The molecule has 3 unspecified atom stereocenters. The van der Waals surface area contributed by atoms with Crippen LogP contribution in [-0.2, 0) is 16.1 Å². The van der Waals surface area contributed by atoms with Gasteiger partial charge in [-0.2, -0.15) is 0 Å². The van der Waals surface area contributed by atoms with Crippen LogP contribution in [0.1, 0.15) is 31.4 Å².